The van der Waals surface area contributed by atoms with Crippen molar-refractivity contribution in [2.45, 2.75) is 12.1 Å². The number of rotatable bonds is 7. The van der Waals surface area contributed by atoms with E-state index in [-0.39, 0.29) is 30.2 Å². The highest BCUT2D eigenvalue weighted by molar-refractivity contribution is 5.97. The van der Waals surface area contributed by atoms with Gasteiger partial charge in [0.2, 0.25) is 0 Å². The summed E-state index contributed by atoms with van der Waals surface area (Å²) in [5.41, 5.74) is 8.79. The molecular weight excluding hydrogens is 416 g/mol. The number of pyridine rings is 1. The Morgan fingerprint density at radius 3 is 2.79 bits per heavy atom. The minimum atomic E-state index is -0.315. The standard InChI is InChI=1S/C25H28N6O2/c1-18(10-22(27)15-28-2)25(33)30-8-9-31(23(16-30)17-32)24(20-6-4-3-5-7-20)21-11-19(12-26)13-29-14-21/h3-7,10-11,13-15,23-24,32H,1,8-9,16-17,27H2,2H3/b22-10+,28-15?/t23-,24-/m0/s1. The molecule has 0 unspecified atom stereocenters. The van der Waals surface area contributed by atoms with Crippen LogP contribution < -0.4 is 5.73 Å². The predicted molar refractivity (Wildman–Crippen MR) is 127 cm³/mol. The van der Waals surface area contributed by atoms with Gasteiger partial charge in [-0.15, -0.1) is 0 Å². The minimum absolute atomic E-state index is 0.134. The maximum absolute atomic E-state index is 12.9. The molecule has 2 heterocycles. The van der Waals surface area contributed by atoms with Gasteiger partial charge in [0.05, 0.1) is 30.0 Å². The van der Waals surface area contributed by atoms with Crippen molar-refractivity contribution in [2.24, 2.45) is 10.7 Å². The maximum Gasteiger partial charge on any atom is 0.253 e. The van der Waals surface area contributed by atoms with Gasteiger partial charge in [-0.1, -0.05) is 36.9 Å². The number of nitrogens with two attached hydrogens (primary N) is 1. The van der Waals surface area contributed by atoms with Gasteiger partial charge in [-0.2, -0.15) is 5.26 Å². The molecule has 1 fully saturated rings. The lowest BCUT2D eigenvalue weighted by molar-refractivity contribution is -0.130. The highest BCUT2D eigenvalue weighted by Gasteiger charge is 2.35. The largest absolute Gasteiger partial charge is 0.397 e. The third kappa shape index (κ3) is 5.71. The number of hydrogen-bond donors (Lipinski definition) is 2. The zero-order valence-corrected chi connectivity index (χ0v) is 18.6. The number of allylic oxidation sites excluding steroid dienone is 1. The van der Waals surface area contributed by atoms with E-state index in [1.54, 1.807) is 18.1 Å². The summed E-state index contributed by atoms with van der Waals surface area (Å²) in [5.74, 6) is -0.232. The molecule has 0 bridgehead atoms. The lowest BCUT2D eigenvalue weighted by Gasteiger charge is -2.45. The molecule has 8 heteroatoms. The van der Waals surface area contributed by atoms with Crippen LogP contribution in [-0.4, -0.2) is 71.3 Å². The van der Waals surface area contributed by atoms with Crippen LogP contribution in [0.3, 0.4) is 0 Å². The molecule has 1 aliphatic heterocycles. The second-order valence-electron chi connectivity index (χ2n) is 7.81. The molecule has 3 N–H and O–H groups in total. The second-order valence-corrected chi connectivity index (χ2v) is 7.81. The number of aromatic nitrogens is 1. The average molecular weight is 445 g/mol. The van der Waals surface area contributed by atoms with Crippen LogP contribution in [0.15, 0.2) is 77.7 Å². The molecule has 0 radical (unpaired) electrons. The summed E-state index contributed by atoms with van der Waals surface area (Å²) >= 11 is 0. The summed E-state index contributed by atoms with van der Waals surface area (Å²) in [6.07, 6.45) is 6.23. The fourth-order valence-electron chi connectivity index (χ4n) is 4.09. The molecular formula is C25H28N6O2. The van der Waals surface area contributed by atoms with Crippen molar-refractivity contribution in [1.82, 2.24) is 14.8 Å². The fraction of sp³-hybridized carbons (Fsp3) is 0.280. The van der Waals surface area contributed by atoms with Gasteiger partial charge < -0.3 is 15.7 Å². The topological polar surface area (TPSA) is 119 Å². The molecule has 0 aliphatic carbocycles. The minimum Gasteiger partial charge on any atom is -0.397 e. The number of aliphatic imine (C=N–C) groups is 1. The van der Waals surface area contributed by atoms with Crippen molar-refractivity contribution in [3.05, 3.63) is 89.4 Å². The first-order chi connectivity index (χ1) is 16.0. The highest BCUT2D eigenvalue weighted by atomic mass is 16.3. The average Bonchev–Trinajstić information content (AvgIpc) is 2.84. The normalized spacial score (nSPS) is 18.2. The molecule has 0 saturated carbocycles. The Kier molecular flexibility index (Phi) is 8.08. The summed E-state index contributed by atoms with van der Waals surface area (Å²) in [7, 11) is 1.60. The third-order valence-electron chi connectivity index (χ3n) is 5.57. The van der Waals surface area contributed by atoms with E-state index >= 15 is 0 Å². The Labute approximate surface area is 194 Å². The van der Waals surface area contributed by atoms with Crippen molar-refractivity contribution < 1.29 is 9.90 Å². The van der Waals surface area contributed by atoms with Gasteiger partial charge in [-0.3, -0.25) is 19.7 Å². The molecule has 170 valence electrons. The molecule has 2 atom stereocenters. The zero-order chi connectivity index (χ0) is 23.8. The molecule has 3 rings (SSSR count). The van der Waals surface area contributed by atoms with E-state index in [2.05, 4.69) is 27.5 Å². The summed E-state index contributed by atoms with van der Waals surface area (Å²) < 4.78 is 0. The number of nitriles is 1. The molecule has 8 nitrogen and oxygen atoms in total. The smallest absolute Gasteiger partial charge is 0.253 e. The Bertz CT molecular complexity index is 1090. The van der Waals surface area contributed by atoms with Crippen LogP contribution in [0, 0.1) is 11.3 Å². The van der Waals surface area contributed by atoms with Crippen LogP contribution in [0.5, 0.6) is 0 Å². The SMILES string of the molecule is C=C(/C=C(/N)C=NC)C(=O)N1CCN([C@@H](c2ccccc2)c2cncc(C#N)c2)[C@H](CO)C1. The van der Waals surface area contributed by atoms with Crippen LogP contribution in [0.2, 0.25) is 0 Å². The molecule has 1 aromatic heterocycles. The Hall–Kier alpha value is -3.80. The van der Waals surface area contributed by atoms with Crippen LogP contribution in [0.4, 0.5) is 0 Å². The van der Waals surface area contributed by atoms with E-state index < -0.39 is 0 Å². The summed E-state index contributed by atoms with van der Waals surface area (Å²) in [5, 5.41) is 19.6. The number of carbonyl (C=O) groups excluding carboxylic acids is 1. The molecule has 2 aromatic rings. The number of carbonyl (C=O) groups is 1. The van der Waals surface area contributed by atoms with Gasteiger partial charge in [0.25, 0.3) is 5.91 Å². The van der Waals surface area contributed by atoms with Crippen LogP contribution in [0.1, 0.15) is 22.7 Å². The van der Waals surface area contributed by atoms with Gasteiger partial charge in [0.1, 0.15) is 6.07 Å². The van der Waals surface area contributed by atoms with E-state index in [4.69, 9.17) is 5.73 Å². The maximum atomic E-state index is 12.9. The van der Waals surface area contributed by atoms with Crippen LogP contribution in [-0.2, 0) is 4.79 Å². The number of nitrogens with zero attached hydrogens (tertiary/aromatic N) is 5. The van der Waals surface area contributed by atoms with Crippen molar-refractivity contribution in [2.75, 3.05) is 33.3 Å². The molecule has 1 amide bonds. The van der Waals surface area contributed by atoms with Gasteiger partial charge >= 0.3 is 0 Å². The molecule has 33 heavy (non-hydrogen) atoms. The third-order valence-corrected chi connectivity index (χ3v) is 5.57. The Morgan fingerprint density at radius 1 is 1.36 bits per heavy atom. The monoisotopic (exact) mass is 444 g/mol. The van der Waals surface area contributed by atoms with E-state index in [1.165, 1.54) is 18.5 Å². The second kappa shape index (κ2) is 11.2. The van der Waals surface area contributed by atoms with E-state index in [1.807, 2.05) is 36.4 Å². The van der Waals surface area contributed by atoms with Crippen LogP contribution >= 0.6 is 0 Å². The predicted octanol–water partition coefficient (Wildman–Crippen LogP) is 1.65. The number of amides is 1. The molecule has 1 aliphatic rings. The zero-order valence-electron chi connectivity index (χ0n) is 18.6. The van der Waals surface area contributed by atoms with Gasteiger partial charge in [0.15, 0.2) is 0 Å². The van der Waals surface area contributed by atoms with Crippen molar-refractivity contribution >= 4 is 12.1 Å². The van der Waals surface area contributed by atoms with Crippen molar-refractivity contribution in [3.63, 3.8) is 0 Å². The summed E-state index contributed by atoms with van der Waals surface area (Å²) in [4.78, 5) is 24.9. The van der Waals surface area contributed by atoms with E-state index in [9.17, 15) is 15.2 Å². The fourth-order valence-corrected chi connectivity index (χ4v) is 4.09. The van der Waals surface area contributed by atoms with Crippen molar-refractivity contribution in [1.29, 1.82) is 5.26 Å². The van der Waals surface area contributed by atoms with Gasteiger partial charge in [-0.25, -0.2) is 0 Å². The molecule has 1 saturated heterocycles. The Morgan fingerprint density at radius 2 is 2.12 bits per heavy atom. The molecule has 0 spiro atoms. The number of aliphatic hydroxyl groups is 1. The van der Waals surface area contributed by atoms with E-state index in [0.29, 0.717) is 30.9 Å². The number of piperazine rings is 1. The number of aliphatic hydroxyl groups excluding tert-OH is 1. The van der Waals surface area contributed by atoms with Gasteiger partial charge in [-0.05, 0) is 23.3 Å². The number of hydrogen-bond acceptors (Lipinski definition) is 7. The lowest BCUT2D eigenvalue weighted by atomic mass is 9.94. The Balaban J connectivity index is 1.88. The first-order valence-corrected chi connectivity index (χ1v) is 10.6. The first kappa shape index (κ1) is 23.9. The van der Waals surface area contributed by atoms with Gasteiger partial charge in [0, 0.05) is 50.9 Å². The van der Waals surface area contributed by atoms with Crippen LogP contribution in [0.25, 0.3) is 0 Å². The van der Waals surface area contributed by atoms with Crippen molar-refractivity contribution in [3.8, 4) is 6.07 Å². The molecule has 1 aromatic carbocycles. The first-order valence-electron chi connectivity index (χ1n) is 10.6. The summed E-state index contributed by atoms with van der Waals surface area (Å²) in [6, 6.07) is 13.3. The highest BCUT2D eigenvalue weighted by Crippen LogP contribution is 2.32. The number of benzene rings is 1. The summed E-state index contributed by atoms with van der Waals surface area (Å²) in [6.45, 7) is 5.03. The lowest BCUT2D eigenvalue weighted by Crippen LogP contribution is -2.57. The van der Waals surface area contributed by atoms with E-state index in [0.717, 1.165) is 11.1 Å². The quantitative estimate of drug-likeness (QED) is 0.381.